The summed E-state index contributed by atoms with van der Waals surface area (Å²) < 4.78 is 10.4. The summed E-state index contributed by atoms with van der Waals surface area (Å²) in [6.07, 6.45) is 31.1. The lowest BCUT2D eigenvalue weighted by atomic mass is 10.0. The molecule has 0 aliphatic rings. The van der Waals surface area contributed by atoms with Gasteiger partial charge in [0.25, 0.3) is 0 Å². The highest BCUT2D eigenvalue weighted by Crippen LogP contribution is 2.13. The summed E-state index contributed by atoms with van der Waals surface area (Å²) in [4.78, 5) is 11.6. The van der Waals surface area contributed by atoms with Gasteiger partial charge in [0.05, 0.1) is 13.2 Å². The van der Waals surface area contributed by atoms with Crippen LogP contribution in [0.25, 0.3) is 0 Å². The lowest BCUT2D eigenvalue weighted by Gasteiger charge is -2.07. The van der Waals surface area contributed by atoms with Crippen molar-refractivity contribution in [3.63, 3.8) is 0 Å². The fourth-order valence-corrected chi connectivity index (χ4v) is 4.24. The van der Waals surface area contributed by atoms with Gasteiger partial charge in [0.15, 0.2) is 0 Å². The zero-order chi connectivity index (χ0) is 23.4. The van der Waals surface area contributed by atoms with Gasteiger partial charge in [0.2, 0.25) is 0 Å². The smallest absolute Gasteiger partial charge is 0.434 e. The molecule has 0 aromatic heterocycles. The molecule has 0 heterocycles. The molecule has 192 valence electrons. The molecule has 0 saturated heterocycles. The van der Waals surface area contributed by atoms with Crippen molar-refractivity contribution in [1.82, 2.24) is 0 Å². The third kappa shape index (κ3) is 27.3. The first kappa shape index (κ1) is 31.3. The van der Waals surface area contributed by atoms with Crippen LogP contribution in [0.15, 0.2) is 0 Å². The molecule has 0 aliphatic carbocycles. The van der Waals surface area contributed by atoms with E-state index in [-0.39, 0.29) is 0 Å². The van der Waals surface area contributed by atoms with E-state index in [0.29, 0.717) is 13.2 Å². The second-order valence-electron chi connectivity index (χ2n) is 9.73. The lowest BCUT2D eigenvalue weighted by molar-refractivity contribution is 0.0529. The summed E-state index contributed by atoms with van der Waals surface area (Å²) >= 11 is 0. The molecule has 0 saturated carbocycles. The zero-order valence-corrected chi connectivity index (χ0v) is 22.1. The van der Waals surface area contributed by atoms with Gasteiger partial charge in [0.1, 0.15) is 0 Å². The third-order valence-corrected chi connectivity index (χ3v) is 6.44. The highest BCUT2D eigenvalue weighted by Gasteiger charge is 2.03. The average molecular weight is 455 g/mol. The van der Waals surface area contributed by atoms with E-state index >= 15 is 0 Å². The van der Waals surface area contributed by atoms with Gasteiger partial charge in [-0.15, -0.1) is 0 Å². The fourth-order valence-electron chi connectivity index (χ4n) is 4.24. The highest BCUT2D eigenvalue weighted by molar-refractivity contribution is 5.59. The van der Waals surface area contributed by atoms with Gasteiger partial charge < -0.3 is 9.47 Å². The second-order valence-corrected chi connectivity index (χ2v) is 9.73. The maximum atomic E-state index is 11.6. The van der Waals surface area contributed by atoms with E-state index < -0.39 is 6.16 Å². The zero-order valence-electron chi connectivity index (χ0n) is 22.1. The Hall–Kier alpha value is -0.730. The molecular formula is C29H58O3. The van der Waals surface area contributed by atoms with Gasteiger partial charge in [-0.3, -0.25) is 0 Å². The minimum absolute atomic E-state index is 0.476. The first-order valence-corrected chi connectivity index (χ1v) is 14.6. The van der Waals surface area contributed by atoms with Crippen molar-refractivity contribution >= 4 is 6.16 Å². The molecule has 0 bridgehead atoms. The van der Waals surface area contributed by atoms with Crippen LogP contribution in [0.3, 0.4) is 0 Å². The molecular weight excluding hydrogens is 396 g/mol. The van der Waals surface area contributed by atoms with Gasteiger partial charge in [-0.1, -0.05) is 155 Å². The molecule has 0 aromatic rings. The molecule has 0 atom stereocenters. The maximum absolute atomic E-state index is 11.6. The Bertz CT molecular complexity index is 356. The molecule has 32 heavy (non-hydrogen) atoms. The van der Waals surface area contributed by atoms with Crippen LogP contribution >= 0.6 is 0 Å². The normalized spacial score (nSPS) is 11.1. The number of carbonyl (C=O) groups excluding carboxylic acids is 1. The number of carbonyl (C=O) groups is 1. The monoisotopic (exact) mass is 454 g/mol. The molecule has 3 nitrogen and oxygen atoms in total. The van der Waals surface area contributed by atoms with Gasteiger partial charge in [-0.2, -0.15) is 0 Å². The predicted octanol–water partition coefficient (Wildman–Crippen LogP) is 10.5. The van der Waals surface area contributed by atoms with E-state index in [1.165, 1.54) is 128 Å². The molecule has 0 fully saturated rings. The summed E-state index contributed by atoms with van der Waals surface area (Å²) in [5.74, 6) is 0. The Kier molecular flexibility index (Phi) is 27.7. The Morgan fingerprint density at radius 2 is 0.594 bits per heavy atom. The third-order valence-electron chi connectivity index (χ3n) is 6.44. The quantitative estimate of drug-likeness (QED) is 0.0962. The van der Waals surface area contributed by atoms with Gasteiger partial charge in [0, 0.05) is 0 Å². The number of unbranched alkanes of at least 4 members (excludes halogenated alkanes) is 22. The second kappa shape index (κ2) is 28.3. The predicted molar refractivity (Wildman–Crippen MR) is 139 cm³/mol. The first-order chi connectivity index (χ1) is 15.8. The van der Waals surface area contributed by atoms with Crippen LogP contribution in [0, 0.1) is 0 Å². The fraction of sp³-hybridized carbons (Fsp3) is 0.966. The van der Waals surface area contributed by atoms with E-state index in [4.69, 9.17) is 9.47 Å². The molecule has 0 aromatic carbocycles. The van der Waals surface area contributed by atoms with Crippen LogP contribution in [0.5, 0.6) is 0 Å². The number of hydrogen-bond donors (Lipinski definition) is 0. The Morgan fingerprint density at radius 1 is 0.375 bits per heavy atom. The van der Waals surface area contributed by atoms with Crippen molar-refractivity contribution in [1.29, 1.82) is 0 Å². The molecule has 0 spiro atoms. The summed E-state index contributed by atoms with van der Waals surface area (Å²) in [6.45, 7) is 5.56. The summed E-state index contributed by atoms with van der Waals surface area (Å²) in [6, 6.07) is 0. The van der Waals surface area contributed by atoms with Crippen molar-refractivity contribution in [2.45, 2.75) is 168 Å². The van der Waals surface area contributed by atoms with Crippen LogP contribution < -0.4 is 0 Å². The van der Waals surface area contributed by atoms with Crippen molar-refractivity contribution in [2.24, 2.45) is 0 Å². The van der Waals surface area contributed by atoms with Crippen LogP contribution in [0.1, 0.15) is 168 Å². The Balaban J connectivity index is 3.14. The van der Waals surface area contributed by atoms with Crippen LogP contribution in [-0.2, 0) is 9.47 Å². The minimum Gasteiger partial charge on any atom is -0.434 e. The number of ether oxygens (including phenoxy) is 2. The highest BCUT2D eigenvalue weighted by atomic mass is 16.7. The standard InChI is InChI=1S/C29H58O3/c1-3-5-7-9-11-13-15-16-18-20-22-24-26-28-32-29(30)31-27-25-23-21-19-17-14-12-10-8-6-4-2/h3-28H2,1-2H3. The van der Waals surface area contributed by atoms with Gasteiger partial charge in [-0.25, -0.2) is 4.79 Å². The van der Waals surface area contributed by atoms with Crippen LogP contribution in [0.2, 0.25) is 0 Å². The minimum atomic E-state index is -0.476. The number of rotatable bonds is 26. The van der Waals surface area contributed by atoms with E-state index in [0.717, 1.165) is 25.7 Å². The molecule has 3 heteroatoms. The maximum Gasteiger partial charge on any atom is 0.508 e. The molecule has 0 rings (SSSR count). The van der Waals surface area contributed by atoms with Crippen LogP contribution in [0.4, 0.5) is 4.79 Å². The number of hydrogen-bond acceptors (Lipinski definition) is 3. The van der Waals surface area contributed by atoms with Gasteiger partial charge >= 0.3 is 6.16 Å². The van der Waals surface area contributed by atoms with Crippen molar-refractivity contribution < 1.29 is 14.3 Å². The molecule has 0 aliphatic heterocycles. The Labute approximate surface area is 201 Å². The summed E-state index contributed by atoms with van der Waals surface area (Å²) in [5, 5.41) is 0. The molecule has 0 radical (unpaired) electrons. The average Bonchev–Trinajstić information content (AvgIpc) is 2.80. The Morgan fingerprint density at radius 3 is 0.844 bits per heavy atom. The van der Waals surface area contributed by atoms with Crippen molar-refractivity contribution in [3.8, 4) is 0 Å². The molecule has 0 N–H and O–H groups in total. The molecule has 0 amide bonds. The van der Waals surface area contributed by atoms with E-state index in [1.807, 2.05) is 0 Å². The van der Waals surface area contributed by atoms with E-state index in [1.54, 1.807) is 0 Å². The summed E-state index contributed by atoms with van der Waals surface area (Å²) in [5.41, 5.74) is 0. The largest absolute Gasteiger partial charge is 0.508 e. The van der Waals surface area contributed by atoms with E-state index in [9.17, 15) is 4.79 Å². The van der Waals surface area contributed by atoms with E-state index in [2.05, 4.69) is 13.8 Å². The van der Waals surface area contributed by atoms with Crippen molar-refractivity contribution in [3.05, 3.63) is 0 Å². The van der Waals surface area contributed by atoms with Crippen LogP contribution in [-0.4, -0.2) is 19.4 Å². The SMILES string of the molecule is CCCCCCCCCCCCCCCOC(=O)OCCCCCCCCCCCCC. The molecule has 0 unspecified atom stereocenters. The van der Waals surface area contributed by atoms with Crippen molar-refractivity contribution in [2.75, 3.05) is 13.2 Å². The lowest BCUT2D eigenvalue weighted by Crippen LogP contribution is -2.09. The first-order valence-electron chi connectivity index (χ1n) is 14.6. The van der Waals surface area contributed by atoms with Gasteiger partial charge in [-0.05, 0) is 12.8 Å². The topological polar surface area (TPSA) is 35.5 Å². The summed E-state index contributed by atoms with van der Waals surface area (Å²) in [7, 11) is 0.